The van der Waals surface area contributed by atoms with Crippen LogP contribution in [-0.4, -0.2) is 11.1 Å². The third kappa shape index (κ3) is 4.34. The van der Waals surface area contributed by atoms with Gasteiger partial charge in [-0.2, -0.15) is 18.3 Å². The molecule has 1 heterocycles. The average Bonchev–Trinajstić information content (AvgIpc) is 3.10. The predicted octanol–water partition coefficient (Wildman–Crippen LogP) is 5.46. The van der Waals surface area contributed by atoms with Gasteiger partial charge in [0.15, 0.2) is 0 Å². The highest BCUT2D eigenvalue weighted by Crippen LogP contribution is 2.35. The summed E-state index contributed by atoms with van der Waals surface area (Å²) in [5.74, 6) is 0.197. The standard InChI is InChI=1S/C18H11F4N3O3/c19-13-3-1-2-11(8-13)17-7-5-14(28-17)10-23-24-15-6-4-12(18(20,21)22)9-16(15)25(26)27/h1-10,24H/b23-10-. The zero-order valence-electron chi connectivity index (χ0n) is 13.9. The van der Waals surface area contributed by atoms with Gasteiger partial charge in [-0.1, -0.05) is 12.1 Å². The summed E-state index contributed by atoms with van der Waals surface area (Å²) >= 11 is 0. The van der Waals surface area contributed by atoms with E-state index in [1.807, 2.05) is 0 Å². The van der Waals surface area contributed by atoms with Gasteiger partial charge in [-0.15, -0.1) is 0 Å². The van der Waals surface area contributed by atoms with Crippen molar-refractivity contribution in [2.24, 2.45) is 5.10 Å². The molecule has 0 radical (unpaired) electrons. The number of nitrogens with zero attached hydrogens (tertiary/aromatic N) is 2. The predicted molar refractivity (Wildman–Crippen MR) is 93.4 cm³/mol. The number of hydrazone groups is 1. The number of furan rings is 1. The van der Waals surface area contributed by atoms with Gasteiger partial charge >= 0.3 is 6.18 Å². The monoisotopic (exact) mass is 393 g/mol. The summed E-state index contributed by atoms with van der Waals surface area (Å²) < 4.78 is 56.8. The van der Waals surface area contributed by atoms with E-state index in [9.17, 15) is 27.7 Å². The SMILES string of the molecule is O=[N+]([O-])c1cc(C(F)(F)F)ccc1N/N=C\c1ccc(-c2cccc(F)c2)o1. The van der Waals surface area contributed by atoms with Gasteiger partial charge in [-0.3, -0.25) is 15.5 Å². The van der Waals surface area contributed by atoms with Crippen LogP contribution in [0.5, 0.6) is 0 Å². The molecule has 0 aliphatic carbocycles. The fourth-order valence-electron chi connectivity index (χ4n) is 2.34. The number of halogens is 4. The van der Waals surface area contributed by atoms with Gasteiger partial charge in [0, 0.05) is 11.6 Å². The number of alkyl halides is 3. The summed E-state index contributed by atoms with van der Waals surface area (Å²) in [5.41, 5.74) is 0.699. The average molecular weight is 393 g/mol. The van der Waals surface area contributed by atoms with E-state index in [-0.39, 0.29) is 11.4 Å². The van der Waals surface area contributed by atoms with E-state index < -0.39 is 28.2 Å². The minimum Gasteiger partial charge on any atom is -0.455 e. The van der Waals surface area contributed by atoms with Crippen LogP contribution >= 0.6 is 0 Å². The fraction of sp³-hybridized carbons (Fsp3) is 0.0556. The van der Waals surface area contributed by atoms with Crippen LogP contribution in [0, 0.1) is 15.9 Å². The Kier molecular flexibility index (Phi) is 5.12. The Balaban J connectivity index is 1.77. The molecule has 1 aromatic heterocycles. The third-order valence-electron chi connectivity index (χ3n) is 3.63. The highest BCUT2D eigenvalue weighted by molar-refractivity contribution is 5.78. The molecule has 3 aromatic rings. The quantitative estimate of drug-likeness (QED) is 0.270. The molecule has 2 aromatic carbocycles. The van der Waals surface area contributed by atoms with E-state index in [4.69, 9.17) is 4.42 Å². The number of benzene rings is 2. The van der Waals surface area contributed by atoms with Crippen molar-refractivity contribution in [1.82, 2.24) is 0 Å². The van der Waals surface area contributed by atoms with Crippen molar-refractivity contribution in [3.05, 3.63) is 81.9 Å². The zero-order chi connectivity index (χ0) is 20.3. The molecule has 0 bridgehead atoms. The van der Waals surface area contributed by atoms with Crippen LogP contribution in [0.25, 0.3) is 11.3 Å². The number of nitro benzene ring substituents is 1. The minimum atomic E-state index is -4.70. The molecule has 0 fully saturated rings. The van der Waals surface area contributed by atoms with Crippen LogP contribution in [0.3, 0.4) is 0 Å². The largest absolute Gasteiger partial charge is 0.455 e. The number of anilines is 1. The molecule has 0 aliphatic rings. The molecule has 0 unspecified atom stereocenters. The van der Waals surface area contributed by atoms with Gasteiger partial charge in [-0.25, -0.2) is 4.39 Å². The van der Waals surface area contributed by atoms with E-state index in [1.165, 1.54) is 30.5 Å². The maximum Gasteiger partial charge on any atom is 0.416 e. The molecule has 144 valence electrons. The molecule has 0 spiro atoms. The Hall–Kier alpha value is -3.69. The molecule has 0 saturated carbocycles. The third-order valence-corrected chi connectivity index (χ3v) is 3.63. The number of hydrogen-bond donors (Lipinski definition) is 1. The smallest absolute Gasteiger partial charge is 0.416 e. The second-order valence-electron chi connectivity index (χ2n) is 5.57. The van der Waals surface area contributed by atoms with Crippen molar-refractivity contribution in [3.63, 3.8) is 0 Å². The topological polar surface area (TPSA) is 80.7 Å². The van der Waals surface area contributed by atoms with Gasteiger partial charge in [0.2, 0.25) is 0 Å². The first-order valence-corrected chi connectivity index (χ1v) is 7.74. The highest BCUT2D eigenvalue weighted by atomic mass is 19.4. The molecule has 0 aliphatic heterocycles. The number of hydrogen-bond acceptors (Lipinski definition) is 5. The molecule has 0 amide bonds. The van der Waals surface area contributed by atoms with Crippen LogP contribution in [0.1, 0.15) is 11.3 Å². The Morgan fingerprint density at radius 1 is 1.11 bits per heavy atom. The molecule has 3 rings (SSSR count). The van der Waals surface area contributed by atoms with Crippen molar-refractivity contribution in [3.8, 4) is 11.3 Å². The van der Waals surface area contributed by atoms with Gasteiger partial charge in [-0.05, 0) is 36.4 Å². The van der Waals surface area contributed by atoms with E-state index >= 15 is 0 Å². The van der Waals surface area contributed by atoms with Gasteiger partial charge in [0.05, 0.1) is 16.7 Å². The Bertz CT molecular complexity index is 1040. The first-order valence-electron chi connectivity index (χ1n) is 7.74. The molecular formula is C18H11F4N3O3. The lowest BCUT2D eigenvalue weighted by Gasteiger charge is -2.08. The van der Waals surface area contributed by atoms with Gasteiger partial charge in [0.25, 0.3) is 5.69 Å². The van der Waals surface area contributed by atoms with Crippen molar-refractivity contribution in [2.45, 2.75) is 6.18 Å². The molecule has 6 nitrogen and oxygen atoms in total. The number of nitro groups is 1. The number of rotatable bonds is 5. The van der Waals surface area contributed by atoms with E-state index in [1.54, 1.807) is 12.1 Å². The molecule has 0 atom stereocenters. The molecule has 0 saturated heterocycles. The fourth-order valence-corrected chi connectivity index (χ4v) is 2.34. The second kappa shape index (κ2) is 7.51. The van der Waals surface area contributed by atoms with E-state index in [2.05, 4.69) is 10.5 Å². The van der Waals surface area contributed by atoms with E-state index in [0.29, 0.717) is 23.5 Å². The van der Waals surface area contributed by atoms with Crippen molar-refractivity contribution >= 4 is 17.6 Å². The summed E-state index contributed by atoms with van der Waals surface area (Å²) in [7, 11) is 0. The maximum absolute atomic E-state index is 13.3. The summed E-state index contributed by atoms with van der Waals surface area (Å²) in [4.78, 5) is 10.1. The second-order valence-corrected chi connectivity index (χ2v) is 5.57. The van der Waals surface area contributed by atoms with Gasteiger partial charge in [0.1, 0.15) is 23.0 Å². The Labute approximate surface area is 155 Å². The van der Waals surface area contributed by atoms with Crippen LogP contribution < -0.4 is 5.43 Å². The van der Waals surface area contributed by atoms with Crippen molar-refractivity contribution < 1.29 is 26.9 Å². The normalized spacial score (nSPS) is 11.7. The lowest BCUT2D eigenvalue weighted by molar-refractivity contribution is -0.384. The van der Waals surface area contributed by atoms with Crippen LogP contribution in [0.2, 0.25) is 0 Å². The molecule has 1 N–H and O–H groups in total. The summed E-state index contributed by atoms with van der Waals surface area (Å²) in [6.07, 6.45) is -3.52. The minimum absolute atomic E-state index is 0.217. The summed E-state index contributed by atoms with van der Waals surface area (Å²) in [5, 5.41) is 14.8. The Morgan fingerprint density at radius 3 is 2.57 bits per heavy atom. The lowest BCUT2D eigenvalue weighted by Crippen LogP contribution is -2.06. The Morgan fingerprint density at radius 2 is 1.89 bits per heavy atom. The summed E-state index contributed by atoms with van der Waals surface area (Å²) in [6.45, 7) is 0. The molecular weight excluding hydrogens is 382 g/mol. The van der Waals surface area contributed by atoms with Crippen molar-refractivity contribution in [1.29, 1.82) is 0 Å². The van der Waals surface area contributed by atoms with E-state index in [0.717, 1.165) is 6.07 Å². The first kappa shape index (κ1) is 19.1. The number of nitrogens with one attached hydrogen (secondary N) is 1. The van der Waals surface area contributed by atoms with Gasteiger partial charge < -0.3 is 4.42 Å². The van der Waals surface area contributed by atoms with Crippen LogP contribution in [-0.2, 0) is 6.18 Å². The molecule has 28 heavy (non-hydrogen) atoms. The van der Waals surface area contributed by atoms with Crippen molar-refractivity contribution in [2.75, 3.05) is 5.43 Å². The highest BCUT2D eigenvalue weighted by Gasteiger charge is 2.33. The lowest BCUT2D eigenvalue weighted by atomic mass is 10.1. The zero-order valence-corrected chi connectivity index (χ0v) is 13.9. The van der Waals surface area contributed by atoms with Crippen LogP contribution in [0.4, 0.5) is 28.9 Å². The first-order chi connectivity index (χ1) is 13.2. The van der Waals surface area contributed by atoms with Crippen LogP contribution in [0.15, 0.2) is 64.1 Å². The molecule has 10 heteroatoms. The maximum atomic E-state index is 13.3. The summed E-state index contributed by atoms with van der Waals surface area (Å²) in [6, 6.07) is 10.9.